The van der Waals surface area contributed by atoms with E-state index >= 15 is 0 Å². The van der Waals surface area contributed by atoms with Gasteiger partial charge in [0.25, 0.3) is 0 Å². The van der Waals surface area contributed by atoms with Crippen molar-refractivity contribution in [3.8, 4) is 0 Å². The molecule has 1 N–H and O–H groups in total. The van der Waals surface area contributed by atoms with Crippen LogP contribution in [0, 0.1) is 5.92 Å². The van der Waals surface area contributed by atoms with Gasteiger partial charge in [-0.1, -0.05) is 13.8 Å². The van der Waals surface area contributed by atoms with Crippen LogP contribution < -0.4 is 5.32 Å². The highest BCUT2D eigenvalue weighted by atomic mass is 16.3. The van der Waals surface area contributed by atoms with Gasteiger partial charge in [0, 0.05) is 12.5 Å². The number of hydrogen-bond donors (Lipinski definition) is 1. The van der Waals surface area contributed by atoms with Crippen molar-refractivity contribution in [1.29, 1.82) is 0 Å². The minimum absolute atomic E-state index is 0.0285. The Balaban J connectivity index is 1.99. The maximum absolute atomic E-state index is 11.7. The normalized spacial score (nSPS) is 18.2. The van der Waals surface area contributed by atoms with E-state index in [9.17, 15) is 4.79 Å². The van der Waals surface area contributed by atoms with Gasteiger partial charge in [0.05, 0.1) is 12.3 Å². The highest BCUT2D eigenvalue weighted by Gasteiger charge is 2.26. The molecule has 1 amide bonds. The van der Waals surface area contributed by atoms with Gasteiger partial charge in [-0.2, -0.15) is 0 Å². The van der Waals surface area contributed by atoms with E-state index in [1.54, 1.807) is 6.26 Å². The van der Waals surface area contributed by atoms with Crippen molar-refractivity contribution in [1.82, 2.24) is 10.2 Å². The number of hydrogen-bond acceptors (Lipinski definition) is 3. The van der Waals surface area contributed by atoms with Crippen molar-refractivity contribution in [2.45, 2.75) is 32.7 Å². The molecule has 1 aromatic rings. The van der Waals surface area contributed by atoms with E-state index in [4.69, 9.17) is 4.42 Å². The van der Waals surface area contributed by atoms with Crippen molar-refractivity contribution in [2.24, 2.45) is 5.92 Å². The highest BCUT2D eigenvalue weighted by Crippen LogP contribution is 2.24. The third kappa shape index (κ3) is 3.13. The predicted octanol–water partition coefficient (Wildman–Crippen LogP) is 2.19. The van der Waals surface area contributed by atoms with Crippen molar-refractivity contribution in [2.75, 3.05) is 19.6 Å². The molecule has 1 unspecified atom stereocenters. The number of likely N-dealkylation sites (tertiary alicyclic amines) is 1. The maximum Gasteiger partial charge on any atom is 0.222 e. The van der Waals surface area contributed by atoms with Crippen LogP contribution in [0.4, 0.5) is 0 Å². The van der Waals surface area contributed by atoms with Gasteiger partial charge < -0.3 is 9.73 Å². The number of amides is 1. The Labute approximate surface area is 108 Å². The Morgan fingerprint density at radius 2 is 2.17 bits per heavy atom. The van der Waals surface area contributed by atoms with E-state index in [0.29, 0.717) is 6.54 Å². The van der Waals surface area contributed by atoms with Gasteiger partial charge in [0.1, 0.15) is 5.76 Å². The number of carbonyl (C=O) groups is 1. The van der Waals surface area contributed by atoms with Gasteiger partial charge in [-0.05, 0) is 38.1 Å². The van der Waals surface area contributed by atoms with Crippen molar-refractivity contribution in [3.63, 3.8) is 0 Å². The smallest absolute Gasteiger partial charge is 0.222 e. The van der Waals surface area contributed by atoms with Crippen molar-refractivity contribution in [3.05, 3.63) is 24.2 Å². The Morgan fingerprint density at radius 1 is 1.44 bits per heavy atom. The fraction of sp³-hybridized carbons (Fsp3) is 0.643. The quantitative estimate of drug-likeness (QED) is 0.871. The second-order valence-corrected chi connectivity index (χ2v) is 5.17. The fourth-order valence-electron chi connectivity index (χ4n) is 2.35. The summed E-state index contributed by atoms with van der Waals surface area (Å²) in [6.45, 7) is 6.62. The molecule has 100 valence electrons. The van der Waals surface area contributed by atoms with Crippen LogP contribution in [0.3, 0.4) is 0 Å². The van der Waals surface area contributed by atoms with Gasteiger partial charge in [0.2, 0.25) is 5.91 Å². The summed E-state index contributed by atoms with van der Waals surface area (Å²) < 4.78 is 5.51. The summed E-state index contributed by atoms with van der Waals surface area (Å²) in [6.07, 6.45) is 4.16. The second kappa shape index (κ2) is 6.05. The van der Waals surface area contributed by atoms with Crippen LogP contribution in [-0.4, -0.2) is 30.4 Å². The third-order valence-corrected chi connectivity index (χ3v) is 3.45. The molecule has 1 atom stereocenters. The Hall–Kier alpha value is -1.29. The van der Waals surface area contributed by atoms with Crippen LogP contribution in [0.2, 0.25) is 0 Å². The average Bonchev–Trinajstić information content (AvgIpc) is 3.01. The molecule has 1 aliphatic rings. The van der Waals surface area contributed by atoms with Crippen LogP contribution in [-0.2, 0) is 4.79 Å². The largest absolute Gasteiger partial charge is 0.468 e. The van der Waals surface area contributed by atoms with Crippen LogP contribution in [0.1, 0.15) is 38.5 Å². The van der Waals surface area contributed by atoms with E-state index in [2.05, 4.69) is 10.2 Å². The molecule has 0 spiro atoms. The lowest BCUT2D eigenvalue weighted by Gasteiger charge is -2.26. The summed E-state index contributed by atoms with van der Waals surface area (Å²) in [5, 5.41) is 3.01. The molecular weight excluding hydrogens is 228 g/mol. The first-order valence-corrected chi connectivity index (χ1v) is 6.73. The molecule has 1 aromatic heterocycles. The van der Waals surface area contributed by atoms with Gasteiger partial charge >= 0.3 is 0 Å². The molecule has 1 fully saturated rings. The number of furan rings is 1. The van der Waals surface area contributed by atoms with E-state index in [1.165, 1.54) is 12.8 Å². The lowest BCUT2D eigenvalue weighted by molar-refractivity contribution is -0.124. The minimum atomic E-state index is 0.0285. The first-order valence-electron chi connectivity index (χ1n) is 6.73. The second-order valence-electron chi connectivity index (χ2n) is 5.17. The van der Waals surface area contributed by atoms with Crippen LogP contribution >= 0.6 is 0 Å². The summed E-state index contributed by atoms with van der Waals surface area (Å²) in [5.41, 5.74) is 0. The first-order chi connectivity index (χ1) is 8.68. The summed E-state index contributed by atoms with van der Waals surface area (Å²) in [4.78, 5) is 14.1. The van der Waals surface area contributed by atoms with Crippen LogP contribution in [0.5, 0.6) is 0 Å². The zero-order valence-corrected chi connectivity index (χ0v) is 11.2. The molecule has 0 saturated carbocycles. The Morgan fingerprint density at radius 3 is 2.72 bits per heavy atom. The third-order valence-electron chi connectivity index (χ3n) is 3.45. The lowest BCUT2D eigenvalue weighted by Crippen LogP contribution is -2.38. The zero-order valence-electron chi connectivity index (χ0n) is 11.2. The minimum Gasteiger partial charge on any atom is -0.468 e. The van der Waals surface area contributed by atoms with E-state index in [1.807, 2.05) is 26.0 Å². The monoisotopic (exact) mass is 250 g/mol. The number of rotatable bonds is 5. The molecule has 1 aliphatic heterocycles. The van der Waals surface area contributed by atoms with Gasteiger partial charge in [-0.15, -0.1) is 0 Å². The Kier molecular flexibility index (Phi) is 4.42. The molecule has 0 radical (unpaired) electrons. The molecule has 1 saturated heterocycles. The highest BCUT2D eigenvalue weighted by molar-refractivity contribution is 5.77. The standard InChI is InChI=1S/C14H22N2O2/c1-11(2)14(17)15-10-12(13-6-5-9-18-13)16-7-3-4-8-16/h5-6,9,11-12H,3-4,7-8,10H2,1-2H3,(H,15,17). The van der Waals surface area contributed by atoms with Crippen molar-refractivity contribution < 1.29 is 9.21 Å². The summed E-state index contributed by atoms with van der Waals surface area (Å²) in [6, 6.07) is 4.07. The number of nitrogens with zero attached hydrogens (tertiary/aromatic N) is 1. The van der Waals surface area contributed by atoms with E-state index in [0.717, 1.165) is 18.8 Å². The molecule has 4 heteroatoms. The molecule has 0 aromatic carbocycles. The summed E-state index contributed by atoms with van der Waals surface area (Å²) >= 11 is 0. The van der Waals surface area contributed by atoms with Crippen LogP contribution in [0.15, 0.2) is 22.8 Å². The summed E-state index contributed by atoms with van der Waals surface area (Å²) in [7, 11) is 0. The van der Waals surface area contributed by atoms with Gasteiger partial charge in [-0.25, -0.2) is 0 Å². The zero-order chi connectivity index (χ0) is 13.0. The van der Waals surface area contributed by atoms with E-state index in [-0.39, 0.29) is 17.9 Å². The molecule has 2 rings (SSSR count). The predicted molar refractivity (Wildman–Crippen MR) is 70.1 cm³/mol. The molecule has 18 heavy (non-hydrogen) atoms. The molecule has 0 bridgehead atoms. The van der Waals surface area contributed by atoms with E-state index < -0.39 is 0 Å². The molecular formula is C14H22N2O2. The fourth-order valence-corrected chi connectivity index (χ4v) is 2.35. The van der Waals surface area contributed by atoms with Crippen molar-refractivity contribution >= 4 is 5.91 Å². The average molecular weight is 250 g/mol. The number of nitrogens with one attached hydrogen (secondary N) is 1. The number of carbonyl (C=O) groups excluding carboxylic acids is 1. The SMILES string of the molecule is CC(C)C(=O)NCC(c1ccco1)N1CCCC1. The summed E-state index contributed by atoms with van der Waals surface area (Å²) in [5.74, 6) is 1.08. The van der Waals surface area contributed by atoms with Crippen LogP contribution in [0.25, 0.3) is 0 Å². The van der Waals surface area contributed by atoms with Gasteiger partial charge in [0.15, 0.2) is 0 Å². The molecule has 4 nitrogen and oxygen atoms in total. The molecule has 2 heterocycles. The van der Waals surface area contributed by atoms with Gasteiger partial charge in [-0.3, -0.25) is 9.69 Å². The lowest BCUT2D eigenvalue weighted by atomic mass is 10.1. The maximum atomic E-state index is 11.7. The molecule has 0 aliphatic carbocycles. The first kappa shape index (κ1) is 13.1. The Bertz CT molecular complexity index is 367. The topological polar surface area (TPSA) is 45.5 Å².